The van der Waals surface area contributed by atoms with Crippen LogP contribution in [0.5, 0.6) is 0 Å². The minimum atomic E-state index is -1.32. The van der Waals surface area contributed by atoms with E-state index in [-0.39, 0.29) is 18.1 Å². The molecule has 32 heavy (non-hydrogen) atoms. The lowest BCUT2D eigenvalue weighted by Gasteiger charge is -2.18. The molecule has 0 aliphatic carbocycles. The number of unbranched alkanes of at least 4 members (excludes halogenated alkanes) is 2. The van der Waals surface area contributed by atoms with Crippen molar-refractivity contribution in [1.82, 2.24) is 10.3 Å². The molecule has 0 radical (unpaired) electrons. The van der Waals surface area contributed by atoms with E-state index in [0.29, 0.717) is 29.8 Å². The average molecular weight is 451 g/mol. The SMILES string of the molecule is O=C(NC(CCCCCB(O)O)C(=O)Nc1cccc(-c2ccccc2)c1)c1cncs1. The molecule has 0 saturated carbocycles. The Labute approximate surface area is 191 Å². The molecular formula is C23H26BN3O4S. The van der Waals surface area contributed by atoms with Crippen molar-refractivity contribution in [2.75, 3.05) is 5.32 Å². The van der Waals surface area contributed by atoms with Gasteiger partial charge in [-0.3, -0.25) is 14.6 Å². The highest BCUT2D eigenvalue weighted by atomic mass is 32.1. The Morgan fingerprint density at radius 2 is 1.78 bits per heavy atom. The largest absolute Gasteiger partial charge is 0.451 e. The van der Waals surface area contributed by atoms with E-state index in [1.54, 1.807) is 5.51 Å². The molecule has 0 aliphatic heterocycles. The Morgan fingerprint density at radius 1 is 1.00 bits per heavy atom. The van der Waals surface area contributed by atoms with Crippen molar-refractivity contribution >= 4 is 36.0 Å². The third kappa shape index (κ3) is 7.30. The van der Waals surface area contributed by atoms with Gasteiger partial charge < -0.3 is 20.7 Å². The van der Waals surface area contributed by atoms with Crippen LogP contribution >= 0.6 is 11.3 Å². The third-order valence-electron chi connectivity index (χ3n) is 4.97. The lowest BCUT2D eigenvalue weighted by Crippen LogP contribution is -2.43. The Hall–Kier alpha value is -3.01. The molecule has 2 amide bonds. The first-order valence-corrected chi connectivity index (χ1v) is 11.4. The van der Waals surface area contributed by atoms with Crippen LogP contribution in [0.4, 0.5) is 5.69 Å². The Balaban J connectivity index is 1.66. The molecule has 3 aromatic rings. The van der Waals surface area contributed by atoms with Gasteiger partial charge in [0.2, 0.25) is 5.91 Å². The Kier molecular flexibility index (Phi) is 8.97. The van der Waals surface area contributed by atoms with Crippen LogP contribution in [0, 0.1) is 0 Å². The number of thiazole rings is 1. The van der Waals surface area contributed by atoms with Crippen molar-refractivity contribution in [2.45, 2.75) is 38.0 Å². The molecule has 1 atom stereocenters. The molecule has 4 N–H and O–H groups in total. The second-order valence-corrected chi connectivity index (χ2v) is 8.33. The van der Waals surface area contributed by atoms with Crippen molar-refractivity contribution in [1.29, 1.82) is 0 Å². The maximum absolute atomic E-state index is 13.0. The summed E-state index contributed by atoms with van der Waals surface area (Å²) < 4.78 is 0. The number of carbonyl (C=O) groups excluding carboxylic acids is 2. The fraction of sp³-hybridized carbons (Fsp3) is 0.261. The van der Waals surface area contributed by atoms with Crippen LogP contribution in [0.2, 0.25) is 6.32 Å². The highest BCUT2D eigenvalue weighted by Crippen LogP contribution is 2.22. The zero-order valence-corrected chi connectivity index (χ0v) is 18.4. The average Bonchev–Trinajstić information content (AvgIpc) is 3.34. The maximum atomic E-state index is 13.0. The monoisotopic (exact) mass is 451 g/mol. The third-order valence-corrected chi connectivity index (χ3v) is 5.74. The zero-order chi connectivity index (χ0) is 22.8. The molecular weight excluding hydrogens is 425 g/mol. The summed E-state index contributed by atoms with van der Waals surface area (Å²) in [5.74, 6) is -0.633. The van der Waals surface area contributed by atoms with Crippen molar-refractivity contribution < 1.29 is 19.6 Å². The van der Waals surface area contributed by atoms with Gasteiger partial charge in [0.1, 0.15) is 10.9 Å². The number of hydrogen-bond donors (Lipinski definition) is 4. The van der Waals surface area contributed by atoms with E-state index in [0.717, 1.165) is 17.5 Å². The van der Waals surface area contributed by atoms with Crippen LogP contribution in [-0.2, 0) is 4.79 Å². The van der Waals surface area contributed by atoms with E-state index in [1.165, 1.54) is 17.5 Å². The first-order chi connectivity index (χ1) is 15.5. The molecule has 0 aliphatic rings. The maximum Gasteiger partial charge on any atom is 0.451 e. The second-order valence-electron chi connectivity index (χ2n) is 7.45. The predicted octanol–water partition coefficient (Wildman–Crippen LogP) is 3.58. The molecule has 1 heterocycles. The van der Waals surface area contributed by atoms with Gasteiger partial charge in [0.05, 0.1) is 11.7 Å². The Morgan fingerprint density at radius 3 is 2.50 bits per heavy atom. The number of nitrogens with zero attached hydrogens (tertiary/aromatic N) is 1. The number of carbonyl (C=O) groups is 2. The molecule has 0 bridgehead atoms. The summed E-state index contributed by atoms with van der Waals surface area (Å²) >= 11 is 1.21. The smallest absolute Gasteiger partial charge is 0.427 e. The summed E-state index contributed by atoms with van der Waals surface area (Å²) in [6.45, 7) is 0. The van der Waals surface area contributed by atoms with Gasteiger partial charge in [-0.25, -0.2) is 0 Å². The summed E-state index contributed by atoms with van der Waals surface area (Å²) in [5, 5.41) is 23.7. The second kappa shape index (κ2) is 12.1. The van der Waals surface area contributed by atoms with Gasteiger partial charge in [-0.15, -0.1) is 11.3 Å². The summed E-state index contributed by atoms with van der Waals surface area (Å²) in [5.41, 5.74) is 4.25. The fourth-order valence-corrected chi connectivity index (χ4v) is 3.84. The molecule has 1 unspecified atom stereocenters. The number of anilines is 1. The van der Waals surface area contributed by atoms with Gasteiger partial charge in [-0.05, 0) is 36.0 Å². The van der Waals surface area contributed by atoms with Crippen molar-refractivity contribution in [3.8, 4) is 11.1 Å². The topological polar surface area (TPSA) is 112 Å². The predicted molar refractivity (Wildman–Crippen MR) is 127 cm³/mol. The van der Waals surface area contributed by atoms with E-state index in [9.17, 15) is 9.59 Å². The van der Waals surface area contributed by atoms with Crippen LogP contribution in [-0.4, -0.2) is 40.0 Å². The minimum Gasteiger partial charge on any atom is -0.427 e. The molecule has 9 heteroatoms. The first kappa shape index (κ1) is 23.7. The summed E-state index contributed by atoms with van der Waals surface area (Å²) in [7, 11) is -1.32. The van der Waals surface area contributed by atoms with Gasteiger partial charge >= 0.3 is 7.12 Å². The van der Waals surface area contributed by atoms with Crippen molar-refractivity contribution in [3.63, 3.8) is 0 Å². The van der Waals surface area contributed by atoms with E-state index in [1.807, 2.05) is 54.6 Å². The molecule has 0 fully saturated rings. The lowest BCUT2D eigenvalue weighted by molar-refractivity contribution is -0.118. The fourth-order valence-electron chi connectivity index (χ4n) is 3.31. The van der Waals surface area contributed by atoms with Crippen LogP contribution in [0.25, 0.3) is 11.1 Å². The lowest BCUT2D eigenvalue weighted by atomic mass is 9.83. The summed E-state index contributed by atoms with van der Waals surface area (Å²) in [6.07, 6.45) is 4.22. The molecule has 2 aromatic carbocycles. The van der Waals surface area contributed by atoms with Gasteiger partial charge in [-0.1, -0.05) is 61.7 Å². The van der Waals surface area contributed by atoms with Gasteiger partial charge in [-0.2, -0.15) is 0 Å². The first-order valence-electron chi connectivity index (χ1n) is 10.5. The van der Waals surface area contributed by atoms with Crippen LogP contribution < -0.4 is 10.6 Å². The molecule has 0 saturated heterocycles. The standard InChI is InChI=1S/C23H26BN3O4S/c28-22(26-19-11-7-10-18(14-19)17-8-3-1-4-9-17)20(12-5-2-6-13-24(30)31)27-23(29)21-15-25-16-32-21/h1,3-4,7-11,14-16,20,30-31H,2,5-6,12-13H2,(H,26,28)(H,27,29). The van der Waals surface area contributed by atoms with Gasteiger partial charge in [0, 0.05) is 5.69 Å². The molecule has 3 rings (SSSR count). The number of nitrogens with one attached hydrogen (secondary N) is 2. The van der Waals surface area contributed by atoms with Crippen LogP contribution in [0.1, 0.15) is 35.4 Å². The van der Waals surface area contributed by atoms with Crippen molar-refractivity contribution in [2.24, 2.45) is 0 Å². The van der Waals surface area contributed by atoms with E-state index < -0.39 is 13.2 Å². The van der Waals surface area contributed by atoms with Gasteiger partial charge in [0.15, 0.2) is 0 Å². The molecule has 0 spiro atoms. The zero-order valence-electron chi connectivity index (χ0n) is 17.6. The quantitative estimate of drug-likeness (QED) is 0.263. The van der Waals surface area contributed by atoms with Crippen LogP contribution in [0.15, 0.2) is 66.3 Å². The molecule has 166 valence electrons. The summed E-state index contributed by atoms with van der Waals surface area (Å²) in [6, 6.07) is 16.7. The number of hydrogen-bond acceptors (Lipinski definition) is 6. The Bertz CT molecular complexity index is 999. The number of rotatable bonds is 11. The van der Waals surface area contributed by atoms with E-state index in [4.69, 9.17) is 10.0 Å². The highest BCUT2D eigenvalue weighted by Gasteiger charge is 2.22. The summed E-state index contributed by atoms with van der Waals surface area (Å²) in [4.78, 5) is 29.9. The number of benzene rings is 2. The normalized spacial score (nSPS) is 11.6. The number of amides is 2. The van der Waals surface area contributed by atoms with Gasteiger partial charge in [0.25, 0.3) is 5.91 Å². The molecule has 1 aromatic heterocycles. The highest BCUT2D eigenvalue weighted by molar-refractivity contribution is 7.11. The van der Waals surface area contributed by atoms with Crippen molar-refractivity contribution in [3.05, 3.63) is 71.2 Å². The minimum absolute atomic E-state index is 0.288. The van der Waals surface area contributed by atoms with E-state index in [2.05, 4.69) is 15.6 Å². The van der Waals surface area contributed by atoms with Crippen LogP contribution in [0.3, 0.4) is 0 Å². The number of aromatic nitrogens is 1. The van der Waals surface area contributed by atoms with E-state index >= 15 is 0 Å². The molecule has 7 nitrogen and oxygen atoms in total.